The Kier molecular flexibility index (Phi) is 3.99. The molecule has 1 saturated carbocycles. The predicted octanol–water partition coefficient (Wildman–Crippen LogP) is 2.47. The molecule has 2 fully saturated rings. The molecule has 2 N–H and O–H groups in total. The monoisotopic (exact) mass is 292 g/mol. The van der Waals surface area contributed by atoms with Crippen LogP contribution in [-0.2, 0) is 11.2 Å². The van der Waals surface area contributed by atoms with Gasteiger partial charge < -0.3 is 10.6 Å². The van der Waals surface area contributed by atoms with E-state index in [9.17, 15) is 4.79 Å². The van der Waals surface area contributed by atoms with Gasteiger partial charge in [-0.1, -0.05) is 23.7 Å². The number of benzene rings is 1. The molecule has 108 valence electrons. The van der Waals surface area contributed by atoms with Gasteiger partial charge in [-0.3, -0.25) is 4.79 Å². The molecule has 1 aromatic rings. The Morgan fingerprint density at radius 2 is 2.00 bits per heavy atom. The van der Waals surface area contributed by atoms with Crippen molar-refractivity contribution in [2.45, 2.75) is 31.7 Å². The smallest absolute Gasteiger partial charge is 0.222 e. The average molecular weight is 293 g/mol. The number of likely N-dealkylation sites (tertiary alicyclic amines) is 1. The average Bonchev–Trinajstić information content (AvgIpc) is 2.66. The number of nitrogens with zero attached hydrogens (tertiary/aromatic N) is 1. The fourth-order valence-corrected chi connectivity index (χ4v) is 3.78. The van der Waals surface area contributed by atoms with Gasteiger partial charge in [0.15, 0.2) is 0 Å². The van der Waals surface area contributed by atoms with E-state index >= 15 is 0 Å². The van der Waals surface area contributed by atoms with Crippen LogP contribution < -0.4 is 5.73 Å². The van der Waals surface area contributed by atoms with Crippen molar-refractivity contribution in [3.05, 3.63) is 34.9 Å². The molecule has 2 bridgehead atoms. The number of nitrogens with two attached hydrogens (primary N) is 1. The van der Waals surface area contributed by atoms with Crippen molar-refractivity contribution in [3.63, 3.8) is 0 Å². The molecule has 3 nitrogen and oxygen atoms in total. The highest BCUT2D eigenvalue weighted by molar-refractivity contribution is 6.30. The Labute approximate surface area is 125 Å². The summed E-state index contributed by atoms with van der Waals surface area (Å²) >= 11 is 5.96. The van der Waals surface area contributed by atoms with Crippen molar-refractivity contribution in [3.8, 4) is 0 Å². The molecule has 20 heavy (non-hydrogen) atoms. The van der Waals surface area contributed by atoms with Gasteiger partial charge in [-0.25, -0.2) is 0 Å². The van der Waals surface area contributed by atoms with Crippen molar-refractivity contribution in [1.82, 2.24) is 4.90 Å². The molecule has 0 aromatic heterocycles. The lowest BCUT2D eigenvalue weighted by atomic mass is 9.93. The summed E-state index contributed by atoms with van der Waals surface area (Å²) < 4.78 is 0. The zero-order valence-corrected chi connectivity index (χ0v) is 12.4. The number of amides is 1. The molecule has 1 heterocycles. The van der Waals surface area contributed by atoms with Gasteiger partial charge in [0.25, 0.3) is 0 Å². The lowest BCUT2D eigenvalue weighted by Gasteiger charge is -2.36. The molecule has 1 aromatic carbocycles. The number of fused-ring (bicyclic) bond motifs is 2. The number of piperidine rings is 1. The second-order valence-electron chi connectivity index (χ2n) is 6.10. The van der Waals surface area contributed by atoms with Gasteiger partial charge >= 0.3 is 0 Å². The second kappa shape index (κ2) is 5.74. The van der Waals surface area contributed by atoms with Crippen molar-refractivity contribution >= 4 is 17.5 Å². The molecular formula is C16H21ClN2O. The summed E-state index contributed by atoms with van der Waals surface area (Å²) in [5.74, 6) is 1.29. The number of hydrogen-bond acceptors (Lipinski definition) is 2. The fourth-order valence-electron chi connectivity index (χ4n) is 3.57. The Bertz CT molecular complexity index is 491. The van der Waals surface area contributed by atoms with Crippen molar-refractivity contribution in [2.24, 2.45) is 17.6 Å². The molecular weight excluding hydrogens is 272 g/mol. The van der Waals surface area contributed by atoms with Crippen LogP contribution in [-0.4, -0.2) is 29.9 Å². The number of carbonyl (C=O) groups excluding carboxylic acids is 1. The third kappa shape index (κ3) is 2.84. The van der Waals surface area contributed by atoms with Crippen LogP contribution in [0.25, 0.3) is 0 Å². The van der Waals surface area contributed by atoms with E-state index in [1.54, 1.807) is 0 Å². The molecule has 2 aliphatic rings. The predicted molar refractivity (Wildman–Crippen MR) is 80.5 cm³/mol. The molecule has 3 atom stereocenters. The van der Waals surface area contributed by atoms with E-state index in [2.05, 4.69) is 0 Å². The molecule has 1 amide bonds. The van der Waals surface area contributed by atoms with E-state index in [-0.39, 0.29) is 5.91 Å². The summed E-state index contributed by atoms with van der Waals surface area (Å²) in [6, 6.07) is 8.06. The van der Waals surface area contributed by atoms with Crippen molar-refractivity contribution in [2.75, 3.05) is 13.1 Å². The first-order valence-corrected chi connectivity index (χ1v) is 7.79. The molecule has 1 aliphatic heterocycles. The maximum absolute atomic E-state index is 12.3. The lowest BCUT2D eigenvalue weighted by molar-refractivity contribution is -0.133. The maximum atomic E-state index is 12.3. The van der Waals surface area contributed by atoms with E-state index in [4.69, 9.17) is 17.3 Å². The number of rotatable bonds is 3. The van der Waals surface area contributed by atoms with Crippen LogP contribution in [0.15, 0.2) is 24.3 Å². The maximum Gasteiger partial charge on any atom is 0.222 e. The van der Waals surface area contributed by atoms with Gasteiger partial charge in [-0.2, -0.15) is 0 Å². The van der Waals surface area contributed by atoms with Crippen LogP contribution in [0.3, 0.4) is 0 Å². The lowest BCUT2D eigenvalue weighted by Crippen LogP contribution is -2.50. The highest BCUT2D eigenvalue weighted by atomic mass is 35.5. The summed E-state index contributed by atoms with van der Waals surface area (Å²) in [6.07, 6.45) is 3.69. The van der Waals surface area contributed by atoms with Gasteiger partial charge in [0, 0.05) is 30.6 Å². The summed E-state index contributed by atoms with van der Waals surface area (Å²) in [4.78, 5) is 14.4. The van der Waals surface area contributed by atoms with E-state index in [0.717, 1.165) is 30.1 Å². The number of aryl methyl sites for hydroxylation is 1. The van der Waals surface area contributed by atoms with Crippen LogP contribution in [0.4, 0.5) is 0 Å². The molecule has 4 heteroatoms. The van der Waals surface area contributed by atoms with Crippen LogP contribution in [0.2, 0.25) is 5.02 Å². The van der Waals surface area contributed by atoms with Gasteiger partial charge in [0.1, 0.15) is 0 Å². The zero-order chi connectivity index (χ0) is 14.1. The molecule has 0 radical (unpaired) electrons. The van der Waals surface area contributed by atoms with Gasteiger partial charge in [-0.15, -0.1) is 0 Å². The normalized spacial score (nSPS) is 28.7. The Hall–Kier alpha value is -1.06. The fraction of sp³-hybridized carbons (Fsp3) is 0.562. The first-order chi connectivity index (χ1) is 9.63. The number of carbonyl (C=O) groups is 1. The van der Waals surface area contributed by atoms with E-state index < -0.39 is 0 Å². The number of hydrogen-bond donors (Lipinski definition) is 1. The van der Waals surface area contributed by atoms with Gasteiger partial charge in [0.2, 0.25) is 5.91 Å². The molecule has 1 aliphatic carbocycles. The van der Waals surface area contributed by atoms with Crippen LogP contribution in [0.1, 0.15) is 24.8 Å². The Morgan fingerprint density at radius 3 is 2.65 bits per heavy atom. The number of halogens is 1. The minimum Gasteiger partial charge on any atom is -0.342 e. The molecule has 1 saturated heterocycles. The minimum absolute atomic E-state index is 0.258. The summed E-state index contributed by atoms with van der Waals surface area (Å²) in [5, 5.41) is 0.733. The largest absolute Gasteiger partial charge is 0.342 e. The van der Waals surface area contributed by atoms with Crippen LogP contribution in [0.5, 0.6) is 0 Å². The Balaban J connectivity index is 1.55. The first kappa shape index (κ1) is 13.9. The quantitative estimate of drug-likeness (QED) is 0.930. The van der Waals surface area contributed by atoms with Gasteiger partial charge in [-0.05, 0) is 48.8 Å². The highest BCUT2D eigenvalue weighted by Crippen LogP contribution is 2.35. The zero-order valence-electron chi connectivity index (χ0n) is 11.6. The van der Waals surface area contributed by atoms with Gasteiger partial charge in [0.05, 0.1) is 0 Å². The summed E-state index contributed by atoms with van der Waals surface area (Å²) in [6.45, 7) is 1.71. The third-order valence-corrected chi connectivity index (χ3v) is 5.01. The minimum atomic E-state index is 0.258. The standard InChI is InChI=1S/C16H21ClN2O/c17-14-3-1-2-11(8-14)4-7-15(20)19-9-12-5-6-13(10-19)16(12)18/h1-3,8,12-13,16H,4-7,9-10,18H2/t12-,13+,16?. The first-order valence-electron chi connectivity index (χ1n) is 7.41. The molecule has 3 rings (SSSR count). The summed E-state index contributed by atoms with van der Waals surface area (Å²) in [7, 11) is 0. The van der Waals surface area contributed by atoms with Crippen LogP contribution in [0, 0.1) is 11.8 Å². The van der Waals surface area contributed by atoms with Crippen molar-refractivity contribution in [1.29, 1.82) is 0 Å². The second-order valence-corrected chi connectivity index (χ2v) is 6.54. The Morgan fingerprint density at radius 1 is 1.30 bits per heavy atom. The van der Waals surface area contributed by atoms with Crippen LogP contribution >= 0.6 is 11.6 Å². The topological polar surface area (TPSA) is 46.3 Å². The van der Waals surface area contributed by atoms with Crippen molar-refractivity contribution < 1.29 is 4.79 Å². The molecule has 0 spiro atoms. The van der Waals surface area contributed by atoms with E-state index in [0.29, 0.717) is 24.3 Å². The molecule has 1 unspecified atom stereocenters. The third-order valence-electron chi connectivity index (χ3n) is 4.78. The van der Waals surface area contributed by atoms with E-state index in [1.165, 1.54) is 12.8 Å². The summed E-state index contributed by atoms with van der Waals surface area (Å²) in [5.41, 5.74) is 7.30. The van der Waals surface area contributed by atoms with E-state index in [1.807, 2.05) is 29.2 Å². The highest BCUT2D eigenvalue weighted by Gasteiger charge is 2.40. The SMILES string of the molecule is NC1[C@@H]2CC[C@H]1CN(C(=O)CCc1cccc(Cl)c1)C2.